The maximum atomic E-state index is 10.6. The number of hydrogen-bond acceptors (Lipinski definition) is 3. The molecule has 4 heteroatoms. The van der Waals surface area contributed by atoms with Gasteiger partial charge in [0.05, 0.1) is 12.2 Å². The lowest BCUT2D eigenvalue weighted by molar-refractivity contribution is -0.119. The van der Waals surface area contributed by atoms with E-state index in [1.54, 1.807) is 0 Å². The third-order valence-electron chi connectivity index (χ3n) is 1.84. The highest BCUT2D eigenvalue weighted by Crippen LogP contribution is 2.21. The molecule has 0 spiro atoms. The van der Waals surface area contributed by atoms with Gasteiger partial charge in [-0.3, -0.25) is 4.79 Å². The number of carbonyl (C=O) groups excluding carboxylic acids is 1. The number of amides is 1. The van der Waals surface area contributed by atoms with Gasteiger partial charge < -0.3 is 9.84 Å². The molecule has 1 amide bonds. The summed E-state index contributed by atoms with van der Waals surface area (Å²) in [5.41, 5.74) is 0.885. The summed E-state index contributed by atoms with van der Waals surface area (Å²) in [4.78, 5) is 10.6. The summed E-state index contributed by atoms with van der Waals surface area (Å²) in [6, 6.07) is 1.87. The molecule has 0 fully saturated rings. The van der Waals surface area contributed by atoms with Crippen molar-refractivity contribution in [3.63, 3.8) is 0 Å². The summed E-state index contributed by atoms with van der Waals surface area (Å²) in [5.74, 6) is 0.615. The first kappa shape index (κ1) is 10.8. The third-order valence-corrected chi connectivity index (χ3v) is 1.84. The Bertz CT molecular complexity index is 323. The van der Waals surface area contributed by atoms with Crippen molar-refractivity contribution in [1.29, 1.82) is 0 Å². The van der Waals surface area contributed by atoms with Crippen LogP contribution < -0.4 is 5.32 Å². The van der Waals surface area contributed by atoms with Crippen LogP contribution in [0.25, 0.3) is 0 Å². The zero-order chi connectivity index (χ0) is 10.8. The molecule has 0 saturated heterocycles. The first-order valence-corrected chi connectivity index (χ1v) is 4.60. The van der Waals surface area contributed by atoms with Gasteiger partial charge >= 0.3 is 0 Å². The molecule has 78 valence electrons. The molecule has 1 heterocycles. The summed E-state index contributed by atoms with van der Waals surface area (Å²) in [6.45, 7) is 8.06. The van der Waals surface area contributed by atoms with E-state index in [9.17, 15) is 4.79 Å². The summed E-state index contributed by atoms with van der Waals surface area (Å²) in [6.07, 6.45) is 0. The van der Waals surface area contributed by atoms with Crippen LogP contribution in [0.4, 0.5) is 0 Å². The highest BCUT2D eigenvalue weighted by atomic mass is 16.5. The van der Waals surface area contributed by atoms with Crippen LogP contribution in [0, 0.1) is 0 Å². The lowest BCUT2D eigenvalue weighted by atomic mass is 9.92. The normalized spacial score (nSPS) is 11.4. The van der Waals surface area contributed by atoms with Gasteiger partial charge in [0, 0.05) is 18.4 Å². The SMILES string of the molecule is CC(=O)NCc1cc(C(C)(C)C)no1. The van der Waals surface area contributed by atoms with E-state index in [1.807, 2.05) is 6.07 Å². The Balaban J connectivity index is 2.64. The Labute approximate surface area is 83.7 Å². The van der Waals surface area contributed by atoms with Crippen LogP contribution in [-0.4, -0.2) is 11.1 Å². The fourth-order valence-electron chi connectivity index (χ4n) is 0.961. The standard InChI is InChI=1S/C10H16N2O2/c1-7(13)11-6-8-5-9(12-14-8)10(2,3)4/h5H,6H2,1-4H3,(H,11,13). The zero-order valence-corrected chi connectivity index (χ0v) is 9.05. The molecule has 0 radical (unpaired) electrons. The first-order chi connectivity index (χ1) is 6.39. The zero-order valence-electron chi connectivity index (χ0n) is 9.05. The Morgan fingerprint density at radius 1 is 1.57 bits per heavy atom. The summed E-state index contributed by atoms with van der Waals surface area (Å²) in [7, 11) is 0. The van der Waals surface area contributed by atoms with E-state index < -0.39 is 0 Å². The number of hydrogen-bond donors (Lipinski definition) is 1. The third kappa shape index (κ3) is 2.87. The number of carbonyl (C=O) groups is 1. The van der Waals surface area contributed by atoms with Crippen LogP contribution in [0.1, 0.15) is 39.1 Å². The average molecular weight is 196 g/mol. The molecule has 0 aliphatic heterocycles. The molecule has 1 N–H and O–H groups in total. The molecule has 0 atom stereocenters. The van der Waals surface area contributed by atoms with Gasteiger partial charge in [-0.25, -0.2) is 0 Å². The van der Waals surface area contributed by atoms with Crippen LogP contribution in [0.3, 0.4) is 0 Å². The van der Waals surface area contributed by atoms with Crippen molar-refractivity contribution in [1.82, 2.24) is 10.5 Å². The highest BCUT2D eigenvalue weighted by Gasteiger charge is 2.18. The summed E-state index contributed by atoms with van der Waals surface area (Å²) in [5, 5.41) is 6.59. The Morgan fingerprint density at radius 2 is 2.21 bits per heavy atom. The van der Waals surface area contributed by atoms with Gasteiger partial charge in [0.1, 0.15) is 0 Å². The molecular weight excluding hydrogens is 180 g/mol. The quantitative estimate of drug-likeness (QED) is 0.781. The molecule has 14 heavy (non-hydrogen) atoms. The van der Waals surface area contributed by atoms with Crippen molar-refractivity contribution < 1.29 is 9.32 Å². The van der Waals surface area contributed by atoms with E-state index in [0.29, 0.717) is 12.3 Å². The number of rotatable bonds is 2. The molecule has 1 rings (SSSR count). The molecule has 0 aliphatic rings. The maximum Gasteiger partial charge on any atom is 0.217 e. The van der Waals surface area contributed by atoms with E-state index in [1.165, 1.54) is 6.92 Å². The van der Waals surface area contributed by atoms with Crippen LogP contribution >= 0.6 is 0 Å². The first-order valence-electron chi connectivity index (χ1n) is 4.60. The fraction of sp³-hybridized carbons (Fsp3) is 0.600. The van der Waals surface area contributed by atoms with Crippen LogP contribution in [0.15, 0.2) is 10.6 Å². The van der Waals surface area contributed by atoms with E-state index >= 15 is 0 Å². The smallest absolute Gasteiger partial charge is 0.217 e. The largest absolute Gasteiger partial charge is 0.359 e. The van der Waals surface area contributed by atoms with Crippen LogP contribution in [-0.2, 0) is 16.8 Å². The monoisotopic (exact) mass is 196 g/mol. The molecule has 1 aromatic heterocycles. The number of nitrogens with zero attached hydrogens (tertiary/aromatic N) is 1. The predicted molar refractivity (Wildman–Crippen MR) is 52.7 cm³/mol. The van der Waals surface area contributed by atoms with E-state index in [2.05, 4.69) is 31.2 Å². The lowest BCUT2D eigenvalue weighted by Gasteiger charge is -2.12. The van der Waals surface area contributed by atoms with Crippen molar-refractivity contribution in [3.05, 3.63) is 17.5 Å². The molecule has 4 nitrogen and oxygen atoms in total. The summed E-state index contributed by atoms with van der Waals surface area (Å²) < 4.78 is 5.08. The molecule has 0 aromatic carbocycles. The minimum absolute atomic E-state index is 0.0159. The number of nitrogens with one attached hydrogen (secondary N) is 1. The van der Waals surface area contributed by atoms with E-state index in [0.717, 1.165) is 5.69 Å². The Kier molecular flexibility index (Phi) is 2.93. The Morgan fingerprint density at radius 3 is 2.64 bits per heavy atom. The molecule has 0 unspecified atom stereocenters. The predicted octanol–water partition coefficient (Wildman–Crippen LogP) is 1.61. The molecule has 0 aliphatic carbocycles. The Hall–Kier alpha value is -1.32. The number of aromatic nitrogens is 1. The van der Waals surface area contributed by atoms with Crippen molar-refractivity contribution >= 4 is 5.91 Å². The van der Waals surface area contributed by atoms with Crippen molar-refractivity contribution in [2.24, 2.45) is 0 Å². The molecule has 0 bridgehead atoms. The molecular formula is C10H16N2O2. The van der Waals surface area contributed by atoms with Crippen molar-refractivity contribution in [2.75, 3.05) is 0 Å². The second-order valence-corrected chi connectivity index (χ2v) is 4.34. The van der Waals surface area contributed by atoms with Gasteiger partial charge in [-0.1, -0.05) is 25.9 Å². The van der Waals surface area contributed by atoms with Crippen molar-refractivity contribution in [2.45, 2.75) is 39.7 Å². The van der Waals surface area contributed by atoms with E-state index in [-0.39, 0.29) is 11.3 Å². The minimum Gasteiger partial charge on any atom is -0.359 e. The lowest BCUT2D eigenvalue weighted by Crippen LogP contribution is -2.18. The van der Waals surface area contributed by atoms with Gasteiger partial charge in [0.25, 0.3) is 0 Å². The van der Waals surface area contributed by atoms with Crippen LogP contribution in [0.2, 0.25) is 0 Å². The topological polar surface area (TPSA) is 55.1 Å². The highest BCUT2D eigenvalue weighted by molar-refractivity contribution is 5.72. The van der Waals surface area contributed by atoms with Gasteiger partial charge in [-0.15, -0.1) is 0 Å². The van der Waals surface area contributed by atoms with Gasteiger partial charge in [-0.05, 0) is 0 Å². The van der Waals surface area contributed by atoms with Gasteiger partial charge in [0.2, 0.25) is 5.91 Å². The molecule has 0 saturated carbocycles. The molecule has 1 aromatic rings. The van der Waals surface area contributed by atoms with Gasteiger partial charge in [-0.2, -0.15) is 0 Å². The second-order valence-electron chi connectivity index (χ2n) is 4.34. The van der Waals surface area contributed by atoms with E-state index in [4.69, 9.17) is 4.52 Å². The summed E-state index contributed by atoms with van der Waals surface area (Å²) >= 11 is 0. The fourth-order valence-corrected chi connectivity index (χ4v) is 0.961. The van der Waals surface area contributed by atoms with Crippen molar-refractivity contribution in [3.8, 4) is 0 Å². The average Bonchev–Trinajstić information content (AvgIpc) is 2.47. The minimum atomic E-state index is -0.0706. The van der Waals surface area contributed by atoms with Crippen LogP contribution in [0.5, 0.6) is 0 Å². The maximum absolute atomic E-state index is 10.6. The second kappa shape index (κ2) is 3.82. The van der Waals surface area contributed by atoms with Gasteiger partial charge in [0.15, 0.2) is 5.76 Å².